The first-order valence-electron chi connectivity index (χ1n) is 6.89. The van der Waals surface area contributed by atoms with Crippen molar-refractivity contribution in [3.05, 3.63) is 46.1 Å². The van der Waals surface area contributed by atoms with Crippen LogP contribution in [0.5, 0.6) is 0 Å². The van der Waals surface area contributed by atoms with Crippen molar-refractivity contribution < 1.29 is 0 Å². The van der Waals surface area contributed by atoms with Crippen LogP contribution in [0.2, 0.25) is 10.0 Å². The molecule has 1 unspecified atom stereocenters. The Morgan fingerprint density at radius 2 is 1.95 bits per heavy atom. The predicted octanol–water partition coefficient (Wildman–Crippen LogP) is 4.78. The maximum absolute atomic E-state index is 6.21. The molecule has 6 heteroatoms. The average molecular weight is 325 g/mol. The van der Waals surface area contributed by atoms with Gasteiger partial charge in [0, 0.05) is 11.6 Å². The first-order chi connectivity index (χ1) is 10.1. The fourth-order valence-corrected chi connectivity index (χ4v) is 2.34. The van der Waals surface area contributed by atoms with Crippen LogP contribution in [-0.4, -0.2) is 16.5 Å². The quantitative estimate of drug-likeness (QED) is 0.802. The summed E-state index contributed by atoms with van der Waals surface area (Å²) in [6.45, 7) is 4.92. The number of nitrogens with one attached hydrogen (secondary N) is 2. The number of rotatable bonds is 6. The van der Waals surface area contributed by atoms with E-state index in [2.05, 4.69) is 27.5 Å². The summed E-state index contributed by atoms with van der Waals surface area (Å²) >= 11 is 12.4. The van der Waals surface area contributed by atoms with Crippen molar-refractivity contribution in [2.45, 2.75) is 26.3 Å². The largest absolute Gasteiger partial charge is 0.362 e. The van der Waals surface area contributed by atoms with Gasteiger partial charge in [-0.25, -0.2) is 4.98 Å². The van der Waals surface area contributed by atoms with Crippen LogP contribution in [0.25, 0.3) is 0 Å². The standard InChI is InChI=1S/C15H18Cl2N4/c1-3-8-18-15-19-9-13(17)14(21-15)20-10(2)11-6-4-5-7-12(11)16/h4-7,9-10H,3,8H2,1-2H3,(H2,18,19,20,21). The maximum atomic E-state index is 6.21. The lowest BCUT2D eigenvalue weighted by molar-refractivity contribution is 0.870. The van der Waals surface area contributed by atoms with Crippen LogP contribution in [0, 0.1) is 0 Å². The van der Waals surface area contributed by atoms with Gasteiger partial charge in [0.15, 0.2) is 5.82 Å². The summed E-state index contributed by atoms with van der Waals surface area (Å²) in [6, 6.07) is 7.69. The summed E-state index contributed by atoms with van der Waals surface area (Å²) in [5, 5.41) is 7.61. The third-order valence-corrected chi connectivity index (χ3v) is 3.62. The van der Waals surface area contributed by atoms with Gasteiger partial charge in [-0.1, -0.05) is 48.3 Å². The normalized spacial score (nSPS) is 12.0. The van der Waals surface area contributed by atoms with E-state index in [-0.39, 0.29) is 6.04 Å². The lowest BCUT2D eigenvalue weighted by Crippen LogP contribution is -2.11. The highest BCUT2D eigenvalue weighted by atomic mass is 35.5. The maximum Gasteiger partial charge on any atom is 0.224 e. The molecule has 2 rings (SSSR count). The number of aromatic nitrogens is 2. The number of anilines is 2. The molecule has 1 heterocycles. The molecule has 0 amide bonds. The van der Waals surface area contributed by atoms with Crippen LogP contribution >= 0.6 is 23.2 Å². The van der Waals surface area contributed by atoms with Gasteiger partial charge in [0.2, 0.25) is 5.95 Å². The molecule has 4 nitrogen and oxygen atoms in total. The van der Waals surface area contributed by atoms with Crippen molar-refractivity contribution in [3.8, 4) is 0 Å². The van der Waals surface area contributed by atoms with E-state index in [1.54, 1.807) is 6.20 Å². The molecule has 2 N–H and O–H groups in total. The molecule has 2 aromatic rings. The third-order valence-electron chi connectivity index (χ3n) is 3.00. The Balaban J connectivity index is 2.16. The molecule has 1 atom stereocenters. The monoisotopic (exact) mass is 324 g/mol. The lowest BCUT2D eigenvalue weighted by atomic mass is 10.1. The first-order valence-corrected chi connectivity index (χ1v) is 7.64. The van der Waals surface area contributed by atoms with E-state index < -0.39 is 0 Å². The summed E-state index contributed by atoms with van der Waals surface area (Å²) in [7, 11) is 0. The van der Waals surface area contributed by atoms with Crippen molar-refractivity contribution >= 4 is 35.0 Å². The molecule has 0 saturated heterocycles. The van der Waals surface area contributed by atoms with Gasteiger partial charge >= 0.3 is 0 Å². The molecule has 0 aliphatic rings. The van der Waals surface area contributed by atoms with E-state index in [0.717, 1.165) is 18.5 Å². The summed E-state index contributed by atoms with van der Waals surface area (Å²) in [4.78, 5) is 8.55. The van der Waals surface area contributed by atoms with E-state index in [9.17, 15) is 0 Å². The fourth-order valence-electron chi connectivity index (χ4n) is 1.90. The van der Waals surface area contributed by atoms with Gasteiger partial charge in [0.05, 0.1) is 12.2 Å². The Hall–Kier alpha value is -1.52. The molecular weight excluding hydrogens is 307 g/mol. The number of benzene rings is 1. The van der Waals surface area contributed by atoms with E-state index in [1.807, 2.05) is 31.2 Å². The Labute approximate surface area is 134 Å². The Bertz CT molecular complexity index is 604. The SMILES string of the molecule is CCCNc1ncc(Cl)c(NC(C)c2ccccc2Cl)n1. The van der Waals surface area contributed by atoms with Gasteiger partial charge < -0.3 is 10.6 Å². The van der Waals surface area contributed by atoms with Gasteiger partial charge in [0.25, 0.3) is 0 Å². The highest BCUT2D eigenvalue weighted by Crippen LogP contribution is 2.28. The number of nitrogens with zero attached hydrogens (tertiary/aromatic N) is 2. The molecule has 1 aromatic carbocycles. The minimum absolute atomic E-state index is 0.00914. The zero-order valence-electron chi connectivity index (χ0n) is 12.0. The Morgan fingerprint density at radius 1 is 1.19 bits per heavy atom. The molecule has 0 spiro atoms. The van der Waals surface area contributed by atoms with Crippen LogP contribution < -0.4 is 10.6 Å². The molecule has 0 aliphatic carbocycles. The molecule has 0 fully saturated rings. The molecule has 0 aliphatic heterocycles. The fraction of sp³-hybridized carbons (Fsp3) is 0.333. The van der Waals surface area contributed by atoms with Crippen molar-refractivity contribution in [1.82, 2.24) is 9.97 Å². The second kappa shape index (κ2) is 7.48. The van der Waals surface area contributed by atoms with Crippen molar-refractivity contribution in [2.24, 2.45) is 0 Å². The first kappa shape index (κ1) is 15.9. The number of hydrogen-bond donors (Lipinski definition) is 2. The van der Waals surface area contributed by atoms with Crippen molar-refractivity contribution in [1.29, 1.82) is 0 Å². The highest BCUT2D eigenvalue weighted by Gasteiger charge is 2.12. The summed E-state index contributed by atoms with van der Waals surface area (Å²) < 4.78 is 0. The van der Waals surface area contributed by atoms with E-state index >= 15 is 0 Å². The number of hydrogen-bond acceptors (Lipinski definition) is 4. The van der Waals surface area contributed by atoms with Crippen molar-refractivity contribution in [3.63, 3.8) is 0 Å². The zero-order chi connectivity index (χ0) is 15.2. The minimum atomic E-state index is -0.00914. The van der Waals surface area contributed by atoms with Crippen LogP contribution in [0.1, 0.15) is 31.9 Å². The predicted molar refractivity (Wildman–Crippen MR) is 89.3 cm³/mol. The molecular formula is C15H18Cl2N4. The molecule has 0 bridgehead atoms. The smallest absolute Gasteiger partial charge is 0.224 e. The van der Waals surface area contributed by atoms with Gasteiger partial charge in [-0.3, -0.25) is 0 Å². The van der Waals surface area contributed by atoms with Crippen LogP contribution in [0.15, 0.2) is 30.5 Å². The Morgan fingerprint density at radius 3 is 2.67 bits per heavy atom. The van der Waals surface area contributed by atoms with Crippen LogP contribution in [-0.2, 0) is 0 Å². The molecule has 0 saturated carbocycles. The van der Waals surface area contributed by atoms with Gasteiger partial charge in [-0.15, -0.1) is 0 Å². The highest BCUT2D eigenvalue weighted by molar-refractivity contribution is 6.33. The van der Waals surface area contributed by atoms with Crippen LogP contribution in [0.4, 0.5) is 11.8 Å². The van der Waals surface area contributed by atoms with E-state index in [0.29, 0.717) is 21.8 Å². The second-order valence-electron chi connectivity index (χ2n) is 4.70. The molecule has 0 radical (unpaired) electrons. The lowest BCUT2D eigenvalue weighted by Gasteiger charge is -2.17. The second-order valence-corrected chi connectivity index (χ2v) is 5.52. The van der Waals surface area contributed by atoms with Gasteiger partial charge in [0.1, 0.15) is 5.02 Å². The molecule has 112 valence electrons. The van der Waals surface area contributed by atoms with Crippen LogP contribution in [0.3, 0.4) is 0 Å². The number of halogens is 2. The Kier molecular flexibility index (Phi) is 5.65. The minimum Gasteiger partial charge on any atom is -0.362 e. The summed E-state index contributed by atoms with van der Waals surface area (Å²) in [5.41, 5.74) is 0.997. The topological polar surface area (TPSA) is 49.8 Å². The van der Waals surface area contributed by atoms with Gasteiger partial charge in [-0.2, -0.15) is 4.98 Å². The zero-order valence-corrected chi connectivity index (χ0v) is 13.5. The molecule has 1 aromatic heterocycles. The third kappa shape index (κ3) is 4.22. The average Bonchev–Trinajstić information content (AvgIpc) is 2.48. The summed E-state index contributed by atoms with van der Waals surface area (Å²) in [6.07, 6.45) is 2.60. The van der Waals surface area contributed by atoms with Crippen molar-refractivity contribution in [2.75, 3.05) is 17.2 Å². The van der Waals surface area contributed by atoms with E-state index in [1.165, 1.54) is 0 Å². The van der Waals surface area contributed by atoms with Gasteiger partial charge in [-0.05, 0) is 25.0 Å². The summed E-state index contributed by atoms with van der Waals surface area (Å²) in [5.74, 6) is 1.16. The van der Waals surface area contributed by atoms with E-state index in [4.69, 9.17) is 23.2 Å². The molecule has 21 heavy (non-hydrogen) atoms.